The van der Waals surface area contributed by atoms with Gasteiger partial charge in [-0.05, 0) is 34.1 Å². The van der Waals surface area contributed by atoms with Crippen molar-refractivity contribution in [2.75, 3.05) is 19.6 Å². The van der Waals surface area contributed by atoms with Gasteiger partial charge in [0.2, 0.25) is 41.4 Å². The molecule has 1 aliphatic rings. The van der Waals surface area contributed by atoms with E-state index in [2.05, 4.69) is 31.9 Å². The van der Waals surface area contributed by atoms with E-state index in [4.69, 9.17) is 5.73 Å². The van der Waals surface area contributed by atoms with Crippen LogP contribution in [0.25, 0.3) is 0 Å². The van der Waals surface area contributed by atoms with Crippen LogP contribution in [0.4, 0.5) is 0 Å². The summed E-state index contributed by atoms with van der Waals surface area (Å²) in [4.78, 5) is 86.5. The molecule has 16 heteroatoms. The molecule has 7 amide bonds. The lowest BCUT2D eigenvalue weighted by Gasteiger charge is -2.37. The second kappa shape index (κ2) is 14.2. The molecule has 0 aromatic heterocycles. The zero-order chi connectivity index (χ0) is 29.3. The van der Waals surface area contributed by atoms with Crippen LogP contribution >= 0.6 is 21.6 Å². The number of nitrogens with one attached hydrogen (secondary N) is 6. The maximum absolute atomic E-state index is 13.0. The SMILES string of the molecule is CC[C@@H]1NC(=O)CNC(=O)C(NC(C)=O)C(C)(C)SSC(C)(C)C(C(N)=O)NC(=O)CNC(=O)CNC1=O. The third kappa shape index (κ3) is 10.4. The van der Waals surface area contributed by atoms with E-state index in [0.29, 0.717) is 0 Å². The maximum Gasteiger partial charge on any atom is 0.244 e. The van der Waals surface area contributed by atoms with Crippen molar-refractivity contribution in [2.24, 2.45) is 5.73 Å². The van der Waals surface area contributed by atoms with Gasteiger partial charge in [-0.15, -0.1) is 0 Å². The maximum atomic E-state index is 13.0. The van der Waals surface area contributed by atoms with Crippen LogP contribution in [-0.4, -0.2) is 88.6 Å². The minimum atomic E-state index is -1.16. The Morgan fingerprint density at radius 3 is 1.89 bits per heavy atom. The second-order valence-corrected chi connectivity index (χ2v) is 13.1. The topological polar surface area (TPSA) is 218 Å². The molecule has 1 saturated heterocycles. The quantitative estimate of drug-likeness (QED) is 0.179. The van der Waals surface area contributed by atoms with Crippen LogP contribution in [0.2, 0.25) is 0 Å². The van der Waals surface area contributed by atoms with Crippen molar-refractivity contribution in [3.8, 4) is 0 Å². The number of carbonyl (C=O) groups excluding carboxylic acids is 7. The van der Waals surface area contributed by atoms with Crippen LogP contribution in [0.1, 0.15) is 48.0 Å². The number of hydrogen-bond acceptors (Lipinski definition) is 9. The molecule has 0 aromatic carbocycles. The van der Waals surface area contributed by atoms with E-state index < -0.39 is 88.6 Å². The Bertz CT molecular complexity index is 958. The fourth-order valence-corrected chi connectivity index (χ4v) is 6.10. The van der Waals surface area contributed by atoms with Gasteiger partial charge in [0, 0.05) is 16.4 Å². The summed E-state index contributed by atoms with van der Waals surface area (Å²) in [5, 5.41) is 14.8. The highest BCUT2D eigenvalue weighted by Gasteiger charge is 2.42. The van der Waals surface area contributed by atoms with E-state index >= 15 is 0 Å². The molecule has 3 atom stereocenters. The molecule has 8 N–H and O–H groups in total. The van der Waals surface area contributed by atoms with Gasteiger partial charge in [0.05, 0.1) is 19.6 Å². The summed E-state index contributed by atoms with van der Waals surface area (Å²) in [6, 6.07) is -3.23. The fourth-order valence-electron chi connectivity index (χ4n) is 3.27. The molecule has 0 bridgehead atoms. The van der Waals surface area contributed by atoms with Gasteiger partial charge in [-0.25, -0.2) is 0 Å². The van der Waals surface area contributed by atoms with Crippen LogP contribution in [-0.2, 0) is 33.6 Å². The highest BCUT2D eigenvalue weighted by Crippen LogP contribution is 2.46. The van der Waals surface area contributed by atoms with E-state index in [1.54, 1.807) is 34.6 Å². The van der Waals surface area contributed by atoms with Gasteiger partial charge < -0.3 is 37.6 Å². The molecule has 0 radical (unpaired) electrons. The highest BCUT2D eigenvalue weighted by atomic mass is 33.1. The first kappa shape index (κ1) is 33.0. The first-order valence-corrected chi connectivity index (χ1v) is 14.0. The van der Waals surface area contributed by atoms with Gasteiger partial charge in [-0.2, -0.15) is 0 Å². The monoisotopic (exact) mass is 575 g/mol. The number of primary amides is 1. The van der Waals surface area contributed by atoms with Crippen LogP contribution < -0.4 is 37.6 Å². The molecular weight excluding hydrogens is 538 g/mol. The Morgan fingerprint density at radius 1 is 0.842 bits per heavy atom. The van der Waals surface area contributed by atoms with Crippen LogP contribution in [0.3, 0.4) is 0 Å². The summed E-state index contributed by atoms with van der Waals surface area (Å²) in [5.74, 6) is -4.58. The third-order valence-electron chi connectivity index (χ3n) is 5.41. The normalized spacial score (nSPS) is 25.9. The van der Waals surface area contributed by atoms with E-state index in [9.17, 15) is 33.6 Å². The van der Waals surface area contributed by atoms with Crippen molar-refractivity contribution in [3.05, 3.63) is 0 Å². The molecule has 214 valence electrons. The van der Waals surface area contributed by atoms with E-state index in [0.717, 1.165) is 0 Å². The van der Waals surface area contributed by atoms with Crippen molar-refractivity contribution in [2.45, 2.75) is 75.6 Å². The van der Waals surface area contributed by atoms with Gasteiger partial charge in [0.1, 0.15) is 18.1 Å². The molecule has 0 aliphatic carbocycles. The average molecular weight is 576 g/mol. The molecule has 14 nitrogen and oxygen atoms in total. The van der Waals surface area contributed by atoms with Crippen molar-refractivity contribution in [3.63, 3.8) is 0 Å². The largest absolute Gasteiger partial charge is 0.368 e. The summed E-state index contributed by atoms with van der Waals surface area (Å²) in [7, 11) is 2.34. The van der Waals surface area contributed by atoms with Crippen molar-refractivity contribution in [1.82, 2.24) is 31.9 Å². The van der Waals surface area contributed by atoms with Gasteiger partial charge in [0.15, 0.2) is 0 Å². The molecule has 1 fully saturated rings. The first-order chi connectivity index (χ1) is 17.5. The minimum absolute atomic E-state index is 0.204. The fraction of sp³-hybridized carbons (Fsp3) is 0.682. The Balaban J connectivity index is 3.29. The third-order valence-corrected chi connectivity index (χ3v) is 9.65. The Kier molecular flexibility index (Phi) is 12.4. The van der Waals surface area contributed by atoms with Crippen molar-refractivity contribution in [1.29, 1.82) is 0 Å². The Hall–Kier alpha value is -3.01. The lowest BCUT2D eigenvalue weighted by atomic mass is 10.0. The van der Waals surface area contributed by atoms with E-state index in [1.165, 1.54) is 28.5 Å². The van der Waals surface area contributed by atoms with E-state index in [-0.39, 0.29) is 6.42 Å². The van der Waals surface area contributed by atoms with Crippen LogP contribution in [0, 0.1) is 0 Å². The lowest BCUT2D eigenvalue weighted by Crippen LogP contribution is -2.59. The summed E-state index contributed by atoms with van der Waals surface area (Å²) in [6.07, 6.45) is 0.204. The first-order valence-electron chi connectivity index (χ1n) is 11.8. The van der Waals surface area contributed by atoms with Gasteiger partial charge in [-0.3, -0.25) is 33.6 Å². The van der Waals surface area contributed by atoms with E-state index in [1.807, 2.05) is 0 Å². The summed E-state index contributed by atoms with van der Waals surface area (Å²) >= 11 is 0. The number of hydrogen-bond donors (Lipinski definition) is 7. The Labute approximate surface area is 229 Å². The Morgan fingerprint density at radius 2 is 1.34 bits per heavy atom. The number of rotatable bonds is 3. The lowest BCUT2D eigenvalue weighted by molar-refractivity contribution is -0.132. The number of nitrogens with two attached hydrogens (primary N) is 1. The molecule has 1 aliphatic heterocycles. The highest BCUT2D eigenvalue weighted by molar-refractivity contribution is 8.77. The van der Waals surface area contributed by atoms with Crippen molar-refractivity contribution >= 4 is 62.9 Å². The smallest absolute Gasteiger partial charge is 0.244 e. The summed E-state index contributed by atoms with van der Waals surface area (Å²) in [6.45, 7) is 8.21. The van der Waals surface area contributed by atoms with Crippen LogP contribution in [0.15, 0.2) is 0 Å². The number of amides is 7. The predicted octanol–water partition coefficient (Wildman–Crippen LogP) is -2.34. The molecule has 0 saturated carbocycles. The minimum Gasteiger partial charge on any atom is -0.368 e. The molecule has 38 heavy (non-hydrogen) atoms. The van der Waals surface area contributed by atoms with Gasteiger partial charge >= 0.3 is 0 Å². The molecule has 1 heterocycles. The summed E-state index contributed by atoms with van der Waals surface area (Å²) < 4.78 is -1.96. The molecule has 0 aromatic rings. The summed E-state index contributed by atoms with van der Waals surface area (Å²) in [5.41, 5.74) is 5.55. The molecular formula is C22H37N7O7S2. The predicted molar refractivity (Wildman–Crippen MR) is 143 cm³/mol. The molecule has 1 rings (SSSR count). The zero-order valence-corrected chi connectivity index (χ0v) is 23.9. The van der Waals surface area contributed by atoms with Crippen LogP contribution in [0.5, 0.6) is 0 Å². The standard InChI is InChI=1S/C22H37N7O7S2/c1-7-12-19(35)25-8-13(31)24-9-15(33)29-16(18(23)34)21(3,4)37-38-22(5,6)17(27-11(2)30)20(36)26-10-14(32)28-12/h12,16-17H,7-10H2,1-6H3,(H2,23,34)(H,24,31)(H,25,35)(H,26,36)(H,27,30)(H,28,32)(H,29,33)/t12-,16?,17?/m0/s1. The van der Waals surface area contributed by atoms with Crippen molar-refractivity contribution < 1.29 is 33.6 Å². The zero-order valence-electron chi connectivity index (χ0n) is 22.3. The van der Waals surface area contributed by atoms with Gasteiger partial charge in [-0.1, -0.05) is 28.5 Å². The van der Waals surface area contributed by atoms with Gasteiger partial charge in [0.25, 0.3) is 0 Å². The second-order valence-electron chi connectivity index (χ2n) is 9.65. The number of carbonyl (C=O) groups is 7. The molecule has 0 spiro atoms. The molecule has 2 unspecified atom stereocenters. The average Bonchev–Trinajstić information content (AvgIpc) is 2.82.